The van der Waals surface area contributed by atoms with Gasteiger partial charge >= 0.3 is 5.76 Å². The lowest BCUT2D eigenvalue weighted by atomic mass is 9.97. The molecule has 1 N–H and O–H groups in total. The number of rotatable bonds is 5. The van der Waals surface area contributed by atoms with E-state index in [2.05, 4.69) is 5.32 Å². The van der Waals surface area contributed by atoms with E-state index in [4.69, 9.17) is 0 Å². The molecule has 1 aliphatic heterocycles. The number of hydrogen-bond acceptors (Lipinski definition) is 4. The molecule has 1 atom stereocenters. The van der Waals surface area contributed by atoms with Crippen molar-refractivity contribution in [1.29, 1.82) is 0 Å². The Balaban J connectivity index is 2.32. The van der Waals surface area contributed by atoms with Gasteiger partial charge in [0, 0.05) is 13.1 Å². The summed E-state index contributed by atoms with van der Waals surface area (Å²) in [7, 11) is -2.71. The normalized spacial score (nSPS) is 20.0. The second-order valence-corrected chi connectivity index (χ2v) is 7.17. The third-order valence-electron chi connectivity index (χ3n) is 3.76. The standard InChI is InChI=1S/C14H20F2N2O2S/c1-17-9-11-5-4-8-18(10-11)12-6-2-3-7-13(12)21(19,20)14(15)16/h2-3,6-7,11,14,17H,4-5,8-10H2,1H3. The van der Waals surface area contributed by atoms with Crippen molar-refractivity contribution in [3.8, 4) is 0 Å². The van der Waals surface area contributed by atoms with E-state index in [0.29, 0.717) is 24.7 Å². The zero-order valence-electron chi connectivity index (χ0n) is 11.9. The number of halogens is 2. The Morgan fingerprint density at radius 3 is 2.76 bits per heavy atom. The average molecular weight is 318 g/mol. The van der Waals surface area contributed by atoms with Crippen molar-refractivity contribution in [2.24, 2.45) is 5.92 Å². The quantitative estimate of drug-likeness (QED) is 0.903. The number of hydrogen-bond donors (Lipinski definition) is 1. The maximum atomic E-state index is 12.8. The Hall–Kier alpha value is -1.21. The molecule has 1 unspecified atom stereocenters. The number of alkyl halides is 2. The van der Waals surface area contributed by atoms with Crippen LogP contribution in [0.2, 0.25) is 0 Å². The minimum atomic E-state index is -4.58. The average Bonchev–Trinajstić information content (AvgIpc) is 2.48. The third kappa shape index (κ3) is 3.52. The highest BCUT2D eigenvalue weighted by Crippen LogP contribution is 2.31. The van der Waals surface area contributed by atoms with Gasteiger partial charge in [-0.2, -0.15) is 8.78 Å². The third-order valence-corrected chi connectivity index (χ3v) is 5.19. The number of benzene rings is 1. The van der Waals surface area contributed by atoms with E-state index >= 15 is 0 Å². The Bertz CT molecular complexity index is 576. The fourth-order valence-electron chi connectivity index (χ4n) is 2.79. The van der Waals surface area contributed by atoms with Crippen molar-refractivity contribution in [3.05, 3.63) is 24.3 Å². The predicted octanol–water partition coefficient (Wildman–Crippen LogP) is 2.12. The van der Waals surface area contributed by atoms with Crippen molar-refractivity contribution in [3.63, 3.8) is 0 Å². The minimum absolute atomic E-state index is 0.273. The highest BCUT2D eigenvalue weighted by atomic mass is 32.2. The van der Waals surface area contributed by atoms with Crippen LogP contribution in [0.4, 0.5) is 14.5 Å². The lowest BCUT2D eigenvalue weighted by Crippen LogP contribution is -2.39. The molecule has 0 aromatic heterocycles. The Kier molecular flexibility index (Phi) is 5.16. The number of piperidine rings is 1. The molecule has 1 aromatic rings. The van der Waals surface area contributed by atoms with Crippen LogP contribution >= 0.6 is 0 Å². The fourth-order valence-corrected chi connectivity index (χ4v) is 3.74. The zero-order chi connectivity index (χ0) is 15.5. The molecule has 1 fully saturated rings. The second kappa shape index (κ2) is 6.70. The van der Waals surface area contributed by atoms with Crippen LogP contribution in [0.25, 0.3) is 0 Å². The molecule has 0 aliphatic carbocycles. The van der Waals surface area contributed by atoms with Crippen molar-refractivity contribution in [2.75, 3.05) is 31.6 Å². The molecule has 1 aromatic carbocycles. The molecule has 1 saturated heterocycles. The van der Waals surface area contributed by atoms with E-state index in [0.717, 1.165) is 19.4 Å². The molecule has 118 valence electrons. The van der Waals surface area contributed by atoms with Gasteiger partial charge in [0.1, 0.15) is 0 Å². The first-order valence-electron chi connectivity index (χ1n) is 6.97. The summed E-state index contributed by atoms with van der Waals surface area (Å²) >= 11 is 0. The van der Waals surface area contributed by atoms with Crippen LogP contribution in [0.3, 0.4) is 0 Å². The number of nitrogens with one attached hydrogen (secondary N) is 1. The molecule has 1 aliphatic rings. The van der Waals surface area contributed by atoms with Gasteiger partial charge in [-0.3, -0.25) is 0 Å². The molecular weight excluding hydrogens is 298 g/mol. The fraction of sp³-hybridized carbons (Fsp3) is 0.571. The molecule has 0 spiro atoms. The first kappa shape index (κ1) is 16.2. The maximum absolute atomic E-state index is 12.8. The van der Waals surface area contributed by atoms with Crippen molar-refractivity contribution in [1.82, 2.24) is 5.32 Å². The van der Waals surface area contributed by atoms with Gasteiger partial charge in [0.2, 0.25) is 9.84 Å². The summed E-state index contributed by atoms with van der Waals surface area (Å²) < 4.78 is 49.3. The summed E-state index contributed by atoms with van der Waals surface area (Å²) in [5.74, 6) is -3.00. The van der Waals surface area contributed by atoms with Gasteiger partial charge < -0.3 is 10.2 Å². The molecule has 0 saturated carbocycles. The minimum Gasteiger partial charge on any atom is -0.370 e. The molecule has 0 bridgehead atoms. The Morgan fingerprint density at radius 2 is 2.10 bits per heavy atom. The van der Waals surface area contributed by atoms with E-state index in [9.17, 15) is 17.2 Å². The summed E-state index contributed by atoms with van der Waals surface area (Å²) in [6.45, 7) is 2.20. The summed E-state index contributed by atoms with van der Waals surface area (Å²) in [5.41, 5.74) is 0.388. The number of para-hydroxylation sites is 1. The van der Waals surface area contributed by atoms with Crippen molar-refractivity contribution >= 4 is 15.5 Å². The maximum Gasteiger partial charge on any atom is 0.341 e. The smallest absolute Gasteiger partial charge is 0.341 e. The van der Waals surface area contributed by atoms with Gasteiger partial charge in [-0.05, 0) is 44.5 Å². The van der Waals surface area contributed by atoms with Crippen LogP contribution in [0.1, 0.15) is 12.8 Å². The molecule has 0 radical (unpaired) electrons. The van der Waals surface area contributed by atoms with Crippen LogP contribution in [-0.4, -0.2) is 40.9 Å². The lowest BCUT2D eigenvalue weighted by Gasteiger charge is -2.35. The summed E-state index contributed by atoms with van der Waals surface area (Å²) in [5, 5.41) is 3.11. The first-order chi connectivity index (χ1) is 9.96. The van der Waals surface area contributed by atoms with Gasteiger partial charge in [0.15, 0.2) is 0 Å². The molecule has 4 nitrogen and oxygen atoms in total. The Labute approximate surface area is 124 Å². The van der Waals surface area contributed by atoms with Crippen LogP contribution in [0.15, 0.2) is 29.2 Å². The molecule has 2 rings (SSSR count). The van der Waals surface area contributed by atoms with Gasteiger partial charge in [-0.25, -0.2) is 8.42 Å². The van der Waals surface area contributed by atoms with Gasteiger partial charge in [0.05, 0.1) is 10.6 Å². The predicted molar refractivity (Wildman–Crippen MR) is 78.5 cm³/mol. The summed E-state index contributed by atoms with van der Waals surface area (Å²) in [6.07, 6.45) is 1.98. The van der Waals surface area contributed by atoms with E-state index in [1.165, 1.54) is 12.1 Å². The van der Waals surface area contributed by atoms with Crippen LogP contribution in [0.5, 0.6) is 0 Å². The van der Waals surface area contributed by atoms with Gasteiger partial charge in [-0.15, -0.1) is 0 Å². The number of anilines is 1. The summed E-state index contributed by atoms with van der Waals surface area (Å²) in [6, 6.07) is 6.03. The van der Waals surface area contributed by atoms with E-state index in [-0.39, 0.29) is 4.90 Å². The molecule has 1 heterocycles. The van der Waals surface area contributed by atoms with Crippen LogP contribution in [-0.2, 0) is 9.84 Å². The molecule has 7 heteroatoms. The molecule has 21 heavy (non-hydrogen) atoms. The van der Waals surface area contributed by atoms with Gasteiger partial charge in [0.25, 0.3) is 0 Å². The monoisotopic (exact) mass is 318 g/mol. The molecular formula is C14H20F2N2O2S. The highest BCUT2D eigenvalue weighted by molar-refractivity contribution is 7.91. The zero-order valence-corrected chi connectivity index (χ0v) is 12.7. The largest absolute Gasteiger partial charge is 0.370 e. The number of sulfone groups is 1. The van der Waals surface area contributed by atoms with E-state index in [1.54, 1.807) is 12.1 Å². The molecule has 0 amide bonds. The Morgan fingerprint density at radius 1 is 1.38 bits per heavy atom. The second-order valence-electron chi connectivity index (χ2n) is 5.29. The summed E-state index contributed by atoms with van der Waals surface area (Å²) in [4.78, 5) is 1.63. The lowest BCUT2D eigenvalue weighted by molar-refractivity contribution is 0.234. The van der Waals surface area contributed by atoms with Crippen molar-refractivity contribution < 1.29 is 17.2 Å². The van der Waals surface area contributed by atoms with E-state index < -0.39 is 15.6 Å². The SMILES string of the molecule is CNCC1CCCN(c2ccccc2S(=O)(=O)C(F)F)C1. The van der Waals surface area contributed by atoms with Gasteiger partial charge in [-0.1, -0.05) is 12.1 Å². The van der Waals surface area contributed by atoms with Crippen molar-refractivity contribution in [2.45, 2.75) is 23.5 Å². The van der Waals surface area contributed by atoms with Crippen LogP contribution in [0, 0.1) is 5.92 Å². The van der Waals surface area contributed by atoms with Crippen LogP contribution < -0.4 is 10.2 Å². The number of nitrogens with zero attached hydrogens (tertiary/aromatic N) is 1. The topological polar surface area (TPSA) is 49.4 Å². The van der Waals surface area contributed by atoms with E-state index in [1.807, 2.05) is 11.9 Å². The highest BCUT2D eigenvalue weighted by Gasteiger charge is 2.31. The first-order valence-corrected chi connectivity index (χ1v) is 8.52.